The molecule has 0 aromatic heterocycles. The summed E-state index contributed by atoms with van der Waals surface area (Å²) in [6.07, 6.45) is 1.85. The Balaban J connectivity index is 2.19. The van der Waals surface area contributed by atoms with Crippen LogP contribution in [0.5, 0.6) is 0 Å². The van der Waals surface area contributed by atoms with Crippen molar-refractivity contribution in [1.29, 1.82) is 0 Å². The van der Waals surface area contributed by atoms with Crippen molar-refractivity contribution in [3.63, 3.8) is 0 Å². The van der Waals surface area contributed by atoms with E-state index in [2.05, 4.69) is 4.90 Å². The van der Waals surface area contributed by atoms with E-state index in [9.17, 15) is 10.1 Å². The van der Waals surface area contributed by atoms with Gasteiger partial charge in [0.15, 0.2) is 0 Å². The Morgan fingerprint density at radius 2 is 2.33 bits per heavy atom. The predicted octanol–water partition coefficient (Wildman–Crippen LogP) is 2.11. The second-order valence-electron chi connectivity index (χ2n) is 4.79. The average molecular weight is 250 g/mol. The fourth-order valence-electron chi connectivity index (χ4n) is 2.62. The Bertz CT molecular complexity index is 448. The van der Waals surface area contributed by atoms with Crippen LogP contribution in [0.3, 0.4) is 0 Å². The quantitative estimate of drug-likeness (QED) is 0.656. The molecule has 1 heterocycles. The van der Waals surface area contributed by atoms with E-state index in [-0.39, 0.29) is 17.2 Å². The van der Waals surface area contributed by atoms with Gasteiger partial charge in [0.05, 0.1) is 10.5 Å². The molecule has 0 amide bonds. The number of benzene rings is 1. The molecule has 1 fully saturated rings. The van der Waals surface area contributed by atoms with Crippen LogP contribution in [0.25, 0.3) is 0 Å². The molecule has 1 atom stereocenters. The summed E-state index contributed by atoms with van der Waals surface area (Å²) in [5.41, 5.74) is 1.86. The summed E-state index contributed by atoms with van der Waals surface area (Å²) in [6, 6.07) is 5.21. The van der Waals surface area contributed by atoms with Crippen LogP contribution < -0.4 is 4.90 Å². The van der Waals surface area contributed by atoms with Gasteiger partial charge in [-0.15, -0.1) is 0 Å². The van der Waals surface area contributed by atoms with Gasteiger partial charge in [0, 0.05) is 31.5 Å². The molecular weight excluding hydrogens is 232 g/mol. The van der Waals surface area contributed by atoms with E-state index < -0.39 is 0 Å². The highest BCUT2D eigenvalue weighted by molar-refractivity contribution is 5.61. The summed E-state index contributed by atoms with van der Waals surface area (Å²) in [7, 11) is 0. The molecule has 0 spiro atoms. The second-order valence-corrected chi connectivity index (χ2v) is 4.79. The van der Waals surface area contributed by atoms with Gasteiger partial charge in [0.2, 0.25) is 0 Å². The third-order valence-corrected chi connectivity index (χ3v) is 3.64. The molecule has 1 aliphatic heterocycles. The minimum Gasteiger partial charge on any atom is -0.396 e. The number of aliphatic hydroxyl groups excluding tert-OH is 1. The molecular formula is C13H18N2O3. The van der Waals surface area contributed by atoms with Crippen molar-refractivity contribution in [2.45, 2.75) is 19.8 Å². The van der Waals surface area contributed by atoms with Crippen molar-refractivity contribution >= 4 is 11.4 Å². The molecule has 98 valence electrons. The van der Waals surface area contributed by atoms with E-state index in [1.165, 1.54) is 0 Å². The van der Waals surface area contributed by atoms with Crippen LogP contribution in [0.4, 0.5) is 11.4 Å². The fraction of sp³-hybridized carbons (Fsp3) is 0.538. The lowest BCUT2D eigenvalue weighted by molar-refractivity contribution is -0.385. The molecule has 2 rings (SSSR count). The molecule has 1 aromatic carbocycles. The van der Waals surface area contributed by atoms with Gasteiger partial charge in [-0.1, -0.05) is 6.07 Å². The SMILES string of the molecule is Cc1c(N2CCC(CCO)C2)cccc1[N+](=O)[O-]. The predicted molar refractivity (Wildman–Crippen MR) is 69.9 cm³/mol. The summed E-state index contributed by atoms with van der Waals surface area (Å²) >= 11 is 0. The van der Waals surface area contributed by atoms with Gasteiger partial charge < -0.3 is 10.0 Å². The molecule has 1 N–H and O–H groups in total. The third kappa shape index (κ3) is 2.46. The van der Waals surface area contributed by atoms with Crippen molar-refractivity contribution in [2.75, 3.05) is 24.6 Å². The zero-order valence-corrected chi connectivity index (χ0v) is 10.5. The number of aliphatic hydroxyl groups is 1. The van der Waals surface area contributed by atoms with E-state index in [4.69, 9.17) is 5.11 Å². The van der Waals surface area contributed by atoms with Gasteiger partial charge in [-0.2, -0.15) is 0 Å². The number of nitro benzene ring substituents is 1. The third-order valence-electron chi connectivity index (χ3n) is 3.64. The van der Waals surface area contributed by atoms with Crippen molar-refractivity contribution in [1.82, 2.24) is 0 Å². The summed E-state index contributed by atoms with van der Waals surface area (Å²) in [5, 5.41) is 19.9. The smallest absolute Gasteiger partial charge is 0.274 e. The zero-order valence-electron chi connectivity index (χ0n) is 10.5. The fourth-order valence-corrected chi connectivity index (χ4v) is 2.62. The molecule has 1 aromatic rings. The van der Waals surface area contributed by atoms with Crippen LogP contribution in [0, 0.1) is 23.0 Å². The van der Waals surface area contributed by atoms with E-state index in [0.717, 1.165) is 37.2 Å². The zero-order chi connectivity index (χ0) is 13.1. The minimum absolute atomic E-state index is 0.179. The number of hydrogen-bond donors (Lipinski definition) is 1. The molecule has 1 aliphatic rings. The molecule has 0 saturated carbocycles. The van der Waals surface area contributed by atoms with Gasteiger partial charge in [0.25, 0.3) is 5.69 Å². The maximum atomic E-state index is 10.9. The van der Waals surface area contributed by atoms with Crippen molar-refractivity contribution < 1.29 is 10.0 Å². The Labute approximate surface area is 106 Å². The van der Waals surface area contributed by atoms with Crippen LogP contribution in [-0.2, 0) is 0 Å². The molecule has 0 bridgehead atoms. The van der Waals surface area contributed by atoms with Gasteiger partial charge in [0.1, 0.15) is 0 Å². The van der Waals surface area contributed by atoms with Crippen LogP contribution in [-0.4, -0.2) is 29.7 Å². The topological polar surface area (TPSA) is 66.6 Å². The highest BCUT2D eigenvalue weighted by Crippen LogP contribution is 2.32. The Hall–Kier alpha value is -1.62. The highest BCUT2D eigenvalue weighted by Gasteiger charge is 2.25. The molecule has 5 heteroatoms. The number of anilines is 1. The van der Waals surface area contributed by atoms with E-state index in [0.29, 0.717) is 5.92 Å². The summed E-state index contributed by atoms with van der Waals surface area (Å²) in [4.78, 5) is 12.8. The summed E-state index contributed by atoms with van der Waals surface area (Å²) in [6.45, 7) is 3.80. The lowest BCUT2D eigenvalue weighted by atomic mass is 10.1. The van der Waals surface area contributed by atoms with Crippen LogP contribution >= 0.6 is 0 Å². The summed E-state index contributed by atoms with van der Waals surface area (Å²) in [5.74, 6) is 0.494. The minimum atomic E-state index is -0.333. The van der Waals surface area contributed by atoms with E-state index >= 15 is 0 Å². The number of hydrogen-bond acceptors (Lipinski definition) is 4. The molecule has 0 aliphatic carbocycles. The van der Waals surface area contributed by atoms with Crippen LogP contribution in [0.1, 0.15) is 18.4 Å². The normalized spacial score (nSPS) is 19.2. The average Bonchev–Trinajstić information content (AvgIpc) is 2.78. The Morgan fingerprint density at radius 3 is 3.00 bits per heavy atom. The number of rotatable bonds is 4. The number of nitro groups is 1. The second kappa shape index (κ2) is 5.35. The number of nitrogens with zero attached hydrogens (tertiary/aromatic N) is 2. The van der Waals surface area contributed by atoms with E-state index in [1.807, 2.05) is 6.07 Å². The van der Waals surface area contributed by atoms with Gasteiger partial charge in [-0.05, 0) is 31.7 Å². The van der Waals surface area contributed by atoms with E-state index in [1.54, 1.807) is 19.1 Å². The first-order chi connectivity index (χ1) is 8.63. The summed E-state index contributed by atoms with van der Waals surface area (Å²) < 4.78 is 0. The van der Waals surface area contributed by atoms with Crippen LogP contribution in [0.2, 0.25) is 0 Å². The monoisotopic (exact) mass is 250 g/mol. The lowest BCUT2D eigenvalue weighted by Crippen LogP contribution is -2.21. The standard InChI is InChI=1S/C13H18N2O3/c1-10-12(3-2-4-13(10)15(17)18)14-7-5-11(9-14)6-8-16/h2-4,11,16H,5-9H2,1H3. The van der Waals surface area contributed by atoms with Gasteiger partial charge in [-0.3, -0.25) is 10.1 Å². The Kier molecular flexibility index (Phi) is 3.81. The van der Waals surface area contributed by atoms with Crippen molar-refractivity contribution in [3.8, 4) is 0 Å². The maximum absolute atomic E-state index is 10.9. The largest absolute Gasteiger partial charge is 0.396 e. The van der Waals surface area contributed by atoms with Crippen molar-refractivity contribution in [2.24, 2.45) is 5.92 Å². The molecule has 1 saturated heterocycles. The first-order valence-electron chi connectivity index (χ1n) is 6.23. The van der Waals surface area contributed by atoms with Crippen LogP contribution in [0.15, 0.2) is 18.2 Å². The first kappa shape index (κ1) is 12.8. The van der Waals surface area contributed by atoms with Gasteiger partial charge in [-0.25, -0.2) is 0 Å². The molecule has 0 radical (unpaired) electrons. The highest BCUT2D eigenvalue weighted by atomic mass is 16.6. The van der Waals surface area contributed by atoms with Crippen molar-refractivity contribution in [3.05, 3.63) is 33.9 Å². The van der Waals surface area contributed by atoms with Gasteiger partial charge >= 0.3 is 0 Å². The Morgan fingerprint density at radius 1 is 1.56 bits per heavy atom. The molecule has 18 heavy (non-hydrogen) atoms. The first-order valence-corrected chi connectivity index (χ1v) is 6.23. The maximum Gasteiger partial charge on any atom is 0.274 e. The lowest BCUT2D eigenvalue weighted by Gasteiger charge is -2.20. The molecule has 1 unspecified atom stereocenters. The molecule has 5 nitrogen and oxygen atoms in total.